The molecule has 0 amide bonds. The highest BCUT2D eigenvalue weighted by Gasteiger charge is 2.36. The van der Waals surface area contributed by atoms with Gasteiger partial charge in [0.2, 0.25) is 0 Å². The van der Waals surface area contributed by atoms with E-state index in [1.54, 1.807) is 0 Å². The summed E-state index contributed by atoms with van der Waals surface area (Å²) in [7, 11) is 0. The highest BCUT2D eigenvalue weighted by atomic mass is 16.5. The third-order valence-corrected chi connectivity index (χ3v) is 3.91. The first-order valence-corrected chi connectivity index (χ1v) is 6.30. The third-order valence-electron chi connectivity index (χ3n) is 3.91. The fourth-order valence-corrected chi connectivity index (χ4v) is 2.91. The Morgan fingerprint density at radius 3 is 2.87 bits per heavy atom. The molecule has 0 spiro atoms. The van der Waals surface area contributed by atoms with Gasteiger partial charge in [0.1, 0.15) is 0 Å². The highest BCUT2D eigenvalue weighted by Crippen LogP contribution is 2.24. The molecule has 0 aromatic rings. The third kappa shape index (κ3) is 2.35. The number of morpholine rings is 1. The zero-order valence-electron chi connectivity index (χ0n) is 10.2. The van der Waals surface area contributed by atoms with Gasteiger partial charge < -0.3 is 10.1 Å². The number of nitrogens with one attached hydrogen (secondary N) is 1. The van der Waals surface area contributed by atoms with Crippen molar-refractivity contribution >= 4 is 0 Å². The summed E-state index contributed by atoms with van der Waals surface area (Å²) < 4.78 is 5.69. The molecule has 2 rings (SSSR count). The molecule has 0 radical (unpaired) electrons. The summed E-state index contributed by atoms with van der Waals surface area (Å²) in [5.74, 6) is 0.831. The standard InChI is InChI=1S/C12H24N2O/c1-4-11-5-13-6-12(11)14-7-10(3)15-8-9(14)2/h9-13H,4-8H2,1-3H3. The van der Waals surface area contributed by atoms with Crippen LogP contribution >= 0.6 is 0 Å². The lowest BCUT2D eigenvalue weighted by Crippen LogP contribution is -2.54. The first kappa shape index (κ1) is 11.4. The van der Waals surface area contributed by atoms with Gasteiger partial charge in [-0.15, -0.1) is 0 Å². The van der Waals surface area contributed by atoms with Crippen molar-refractivity contribution in [2.24, 2.45) is 5.92 Å². The lowest BCUT2D eigenvalue weighted by molar-refractivity contribution is -0.0692. The number of nitrogens with zero attached hydrogens (tertiary/aromatic N) is 1. The van der Waals surface area contributed by atoms with Crippen LogP contribution in [0.15, 0.2) is 0 Å². The summed E-state index contributed by atoms with van der Waals surface area (Å²) in [6.07, 6.45) is 1.69. The Morgan fingerprint density at radius 2 is 2.13 bits per heavy atom. The summed E-state index contributed by atoms with van der Waals surface area (Å²) in [5, 5.41) is 3.52. The lowest BCUT2D eigenvalue weighted by atomic mass is 9.97. The van der Waals surface area contributed by atoms with Crippen molar-refractivity contribution in [2.45, 2.75) is 45.4 Å². The lowest BCUT2D eigenvalue weighted by Gasteiger charge is -2.42. The average Bonchev–Trinajstić information content (AvgIpc) is 2.69. The van der Waals surface area contributed by atoms with E-state index in [0.717, 1.165) is 31.7 Å². The van der Waals surface area contributed by atoms with E-state index in [0.29, 0.717) is 12.1 Å². The van der Waals surface area contributed by atoms with Crippen LogP contribution in [0.5, 0.6) is 0 Å². The maximum Gasteiger partial charge on any atom is 0.0674 e. The molecule has 2 saturated heterocycles. The molecule has 4 unspecified atom stereocenters. The van der Waals surface area contributed by atoms with Crippen LogP contribution in [0.25, 0.3) is 0 Å². The monoisotopic (exact) mass is 212 g/mol. The van der Waals surface area contributed by atoms with E-state index in [2.05, 4.69) is 31.0 Å². The summed E-state index contributed by atoms with van der Waals surface area (Å²) >= 11 is 0. The van der Waals surface area contributed by atoms with Crippen molar-refractivity contribution < 1.29 is 4.74 Å². The molecule has 2 aliphatic heterocycles. The second kappa shape index (κ2) is 4.81. The van der Waals surface area contributed by atoms with Crippen molar-refractivity contribution in [1.29, 1.82) is 0 Å². The number of hydrogen-bond acceptors (Lipinski definition) is 3. The van der Waals surface area contributed by atoms with Crippen LogP contribution in [0.2, 0.25) is 0 Å². The molecular weight excluding hydrogens is 188 g/mol. The Labute approximate surface area is 93.2 Å². The van der Waals surface area contributed by atoms with Gasteiger partial charge in [0.15, 0.2) is 0 Å². The largest absolute Gasteiger partial charge is 0.376 e. The van der Waals surface area contributed by atoms with Gasteiger partial charge in [0.25, 0.3) is 0 Å². The van der Waals surface area contributed by atoms with Gasteiger partial charge in [0, 0.05) is 25.2 Å². The van der Waals surface area contributed by atoms with Crippen molar-refractivity contribution in [3.8, 4) is 0 Å². The van der Waals surface area contributed by atoms with Gasteiger partial charge in [0.05, 0.1) is 12.7 Å². The second-order valence-corrected chi connectivity index (χ2v) is 5.08. The topological polar surface area (TPSA) is 24.5 Å². The van der Waals surface area contributed by atoms with E-state index in [1.165, 1.54) is 13.0 Å². The molecule has 0 saturated carbocycles. The van der Waals surface area contributed by atoms with Gasteiger partial charge in [-0.1, -0.05) is 13.3 Å². The molecule has 4 atom stereocenters. The molecule has 3 heteroatoms. The van der Waals surface area contributed by atoms with Gasteiger partial charge >= 0.3 is 0 Å². The molecule has 0 aromatic carbocycles. The molecule has 0 aliphatic carbocycles. The van der Waals surface area contributed by atoms with Crippen LogP contribution in [-0.2, 0) is 4.74 Å². The fourth-order valence-electron chi connectivity index (χ4n) is 2.91. The van der Waals surface area contributed by atoms with Crippen LogP contribution < -0.4 is 5.32 Å². The maximum atomic E-state index is 5.69. The number of hydrogen-bond donors (Lipinski definition) is 1. The van der Waals surface area contributed by atoms with E-state index in [-0.39, 0.29) is 0 Å². The first-order chi connectivity index (χ1) is 7.22. The summed E-state index contributed by atoms with van der Waals surface area (Å²) in [4.78, 5) is 2.66. The molecule has 15 heavy (non-hydrogen) atoms. The normalized spacial score (nSPS) is 43.4. The van der Waals surface area contributed by atoms with Crippen LogP contribution in [0.4, 0.5) is 0 Å². The minimum Gasteiger partial charge on any atom is -0.376 e. The zero-order valence-corrected chi connectivity index (χ0v) is 10.2. The number of rotatable bonds is 2. The Balaban J connectivity index is 2.00. The summed E-state index contributed by atoms with van der Waals surface area (Å²) in [6, 6.07) is 1.32. The Hall–Kier alpha value is -0.120. The predicted octanol–water partition coefficient (Wildman–Crippen LogP) is 1.09. The van der Waals surface area contributed by atoms with Crippen LogP contribution in [0.1, 0.15) is 27.2 Å². The second-order valence-electron chi connectivity index (χ2n) is 5.08. The van der Waals surface area contributed by atoms with Crippen LogP contribution in [0.3, 0.4) is 0 Å². The molecule has 2 aliphatic rings. The van der Waals surface area contributed by atoms with Gasteiger partial charge in [-0.2, -0.15) is 0 Å². The predicted molar refractivity (Wildman–Crippen MR) is 62.0 cm³/mol. The molecule has 88 valence electrons. The fraction of sp³-hybridized carbons (Fsp3) is 1.00. The molecule has 2 heterocycles. The Bertz CT molecular complexity index is 210. The molecule has 0 bridgehead atoms. The summed E-state index contributed by atoms with van der Waals surface area (Å²) in [5.41, 5.74) is 0. The molecule has 1 N–H and O–H groups in total. The van der Waals surface area contributed by atoms with Gasteiger partial charge in [-0.3, -0.25) is 4.90 Å². The summed E-state index contributed by atoms with van der Waals surface area (Å²) in [6.45, 7) is 11.1. The van der Waals surface area contributed by atoms with E-state index in [9.17, 15) is 0 Å². The van der Waals surface area contributed by atoms with Crippen molar-refractivity contribution in [3.05, 3.63) is 0 Å². The van der Waals surface area contributed by atoms with Crippen molar-refractivity contribution in [3.63, 3.8) is 0 Å². The van der Waals surface area contributed by atoms with Gasteiger partial charge in [-0.25, -0.2) is 0 Å². The van der Waals surface area contributed by atoms with E-state index < -0.39 is 0 Å². The highest BCUT2D eigenvalue weighted by molar-refractivity contribution is 4.92. The van der Waals surface area contributed by atoms with Crippen molar-refractivity contribution in [2.75, 3.05) is 26.2 Å². The van der Waals surface area contributed by atoms with Crippen molar-refractivity contribution in [1.82, 2.24) is 10.2 Å². The Kier molecular flexibility index (Phi) is 3.65. The smallest absolute Gasteiger partial charge is 0.0674 e. The average molecular weight is 212 g/mol. The number of ether oxygens (including phenoxy) is 1. The Morgan fingerprint density at radius 1 is 1.33 bits per heavy atom. The van der Waals surface area contributed by atoms with E-state index in [1.807, 2.05) is 0 Å². The molecular formula is C12H24N2O. The minimum absolute atomic E-state index is 0.402. The first-order valence-electron chi connectivity index (χ1n) is 6.30. The molecule has 3 nitrogen and oxygen atoms in total. The van der Waals surface area contributed by atoms with Gasteiger partial charge in [-0.05, 0) is 26.3 Å². The maximum absolute atomic E-state index is 5.69. The van der Waals surface area contributed by atoms with Crippen LogP contribution in [0, 0.1) is 5.92 Å². The van der Waals surface area contributed by atoms with E-state index >= 15 is 0 Å². The molecule has 2 fully saturated rings. The van der Waals surface area contributed by atoms with Crippen LogP contribution in [-0.4, -0.2) is 49.3 Å². The minimum atomic E-state index is 0.402. The van der Waals surface area contributed by atoms with E-state index in [4.69, 9.17) is 4.74 Å². The quantitative estimate of drug-likeness (QED) is 0.741. The SMILES string of the molecule is CCC1CNCC1N1CC(C)OCC1C. The molecule has 0 aromatic heterocycles. The zero-order chi connectivity index (χ0) is 10.8.